The maximum atomic E-state index is 13.2. The molecule has 3 unspecified atom stereocenters. The molecular formula is C20H30N3O5. The van der Waals surface area contributed by atoms with Crippen molar-refractivity contribution in [2.45, 2.75) is 44.9 Å². The molecule has 3 atom stereocenters. The van der Waals surface area contributed by atoms with E-state index in [1.54, 1.807) is 10.8 Å². The zero-order valence-electron chi connectivity index (χ0n) is 17.0. The Morgan fingerprint density at radius 1 is 1.46 bits per heavy atom. The first-order valence-electron chi connectivity index (χ1n) is 9.36. The molecule has 8 nitrogen and oxygen atoms in total. The second-order valence-electron chi connectivity index (χ2n) is 8.19. The van der Waals surface area contributed by atoms with Gasteiger partial charge in [-0.1, -0.05) is 20.8 Å². The van der Waals surface area contributed by atoms with Crippen LogP contribution in [0.4, 0.5) is 0 Å². The maximum Gasteiger partial charge on any atom is 0.337 e. The van der Waals surface area contributed by atoms with Crippen LogP contribution in [0.15, 0.2) is 18.5 Å². The molecule has 28 heavy (non-hydrogen) atoms. The van der Waals surface area contributed by atoms with Crippen LogP contribution < -0.4 is 5.32 Å². The molecule has 1 radical (unpaired) electrons. The standard InChI is InChI=1S/C20H30N3O5/c1-6-20(2,3)17(23-10-7-13(11-23)19(26)27)18(25)21-16-14(24)12-28-15(16)8-9-22(4)5/h7,10-11,15-17H,1,6,8-9,12H2,2-5H3,(H,21,25)(H,26,27). The monoisotopic (exact) mass is 392 g/mol. The van der Waals surface area contributed by atoms with E-state index < -0.39 is 23.5 Å². The van der Waals surface area contributed by atoms with Crippen LogP contribution >= 0.6 is 0 Å². The summed E-state index contributed by atoms with van der Waals surface area (Å²) in [5.74, 6) is -1.56. The van der Waals surface area contributed by atoms with Crippen molar-refractivity contribution in [1.29, 1.82) is 0 Å². The van der Waals surface area contributed by atoms with Gasteiger partial charge < -0.3 is 24.6 Å². The molecule has 1 aliphatic rings. The van der Waals surface area contributed by atoms with Gasteiger partial charge in [0.25, 0.3) is 0 Å². The highest BCUT2D eigenvalue weighted by atomic mass is 16.5. The number of carboxylic acids is 1. The van der Waals surface area contributed by atoms with E-state index in [0.29, 0.717) is 12.8 Å². The normalized spacial score (nSPS) is 21.1. The van der Waals surface area contributed by atoms with E-state index >= 15 is 0 Å². The van der Waals surface area contributed by atoms with Gasteiger partial charge in [0.2, 0.25) is 5.91 Å². The Morgan fingerprint density at radius 3 is 2.68 bits per heavy atom. The molecule has 8 heteroatoms. The summed E-state index contributed by atoms with van der Waals surface area (Å²) in [5.41, 5.74) is -0.456. The van der Waals surface area contributed by atoms with Crippen molar-refractivity contribution in [3.63, 3.8) is 0 Å². The number of nitrogens with one attached hydrogen (secondary N) is 1. The Bertz CT molecular complexity index is 725. The molecule has 1 aromatic rings. The van der Waals surface area contributed by atoms with Gasteiger partial charge in [-0.3, -0.25) is 9.59 Å². The molecule has 0 saturated carbocycles. The second kappa shape index (κ2) is 8.87. The van der Waals surface area contributed by atoms with E-state index in [1.165, 1.54) is 12.3 Å². The minimum Gasteiger partial charge on any atom is -0.478 e. The number of Topliss-reactive ketones (excluding diaryl/α,β-unsaturated/α-hetero) is 1. The van der Waals surface area contributed by atoms with Crippen molar-refractivity contribution in [3.05, 3.63) is 30.9 Å². The molecule has 0 aromatic carbocycles. The zero-order chi connectivity index (χ0) is 21.1. The summed E-state index contributed by atoms with van der Waals surface area (Å²) in [6.45, 7) is 8.43. The average Bonchev–Trinajstić information content (AvgIpc) is 3.21. The lowest BCUT2D eigenvalue weighted by molar-refractivity contribution is -0.131. The maximum absolute atomic E-state index is 13.2. The SMILES string of the molecule is [CH2]CC(C)(C)C(C(=O)NC1C(=O)COC1CCN(C)C)n1ccc(C(=O)O)c1. The van der Waals surface area contributed by atoms with E-state index in [4.69, 9.17) is 4.74 Å². The highest BCUT2D eigenvalue weighted by Gasteiger charge is 2.41. The number of hydrogen-bond donors (Lipinski definition) is 2. The predicted octanol–water partition coefficient (Wildman–Crippen LogP) is 1.38. The smallest absolute Gasteiger partial charge is 0.337 e. The number of aromatic nitrogens is 1. The van der Waals surface area contributed by atoms with Gasteiger partial charge in [0.1, 0.15) is 18.7 Å². The van der Waals surface area contributed by atoms with Crippen LogP contribution in [0.2, 0.25) is 0 Å². The Hall–Kier alpha value is -2.19. The number of carbonyl (C=O) groups is 3. The average molecular weight is 392 g/mol. The Kier molecular flexibility index (Phi) is 7.01. The Balaban J connectivity index is 2.24. The number of carboxylic acid groups (broad SMARTS) is 1. The summed E-state index contributed by atoms with van der Waals surface area (Å²) in [7, 11) is 3.87. The van der Waals surface area contributed by atoms with Gasteiger partial charge in [-0.15, -0.1) is 0 Å². The molecule has 1 amide bonds. The molecule has 2 N–H and O–H groups in total. The van der Waals surface area contributed by atoms with E-state index in [-0.39, 0.29) is 30.0 Å². The fourth-order valence-corrected chi connectivity index (χ4v) is 3.35. The van der Waals surface area contributed by atoms with Crippen LogP contribution in [-0.4, -0.2) is 71.6 Å². The van der Waals surface area contributed by atoms with Gasteiger partial charge in [0.05, 0.1) is 11.7 Å². The number of hydrogen-bond acceptors (Lipinski definition) is 5. The second-order valence-corrected chi connectivity index (χ2v) is 8.19. The third-order valence-corrected chi connectivity index (χ3v) is 5.21. The van der Waals surface area contributed by atoms with E-state index in [0.717, 1.165) is 6.54 Å². The number of aromatic carboxylic acids is 1. The van der Waals surface area contributed by atoms with E-state index in [2.05, 4.69) is 12.2 Å². The molecule has 1 aromatic heterocycles. The minimum absolute atomic E-state index is 0.0148. The Morgan fingerprint density at radius 2 is 2.14 bits per heavy atom. The van der Waals surface area contributed by atoms with Crippen molar-refractivity contribution in [3.8, 4) is 0 Å². The molecule has 0 spiro atoms. The number of carbonyl (C=O) groups excluding carboxylic acids is 2. The summed E-state index contributed by atoms with van der Waals surface area (Å²) in [6.07, 6.45) is 3.70. The van der Waals surface area contributed by atoms with Crippen LogP contribution in [0.5, 0.6) is 0 Å². The lowest BCUT2D eigenvalue weighted by Crippen LogP contribution is -2.50. The van der Waals surface area contributed by atoms with Crippen LogP contribution in [0.1, 0.15) is 43.1 Å². The summed E-state index contributed by atoms with van der Waals surface area (Å²) >= 11 is 0. The first-order valence-corrected chi connectivity index (χ1v) is 9.36. The number of nitrogens with zero attached hydrogens (tertiary/aromatic N) is 2. The molecule has 2 heterocycles. The number of ether oxygens (including phenoxy) is 1. The highest BCUT2D eigenvalue weighted by Crippen LogP contribution is 2.35. The highest BCUT2D eigenvalue weighted by molar-refractivity contribution is 5.93. The van der Waals surface area contributed by atoms with Gasteiger partial charge >= 0.3 is 5.97 Å². The Labute approximate surface area is 165 Å². The fraction of sp³-hybridized carbons (Fsp3) is 0.600. The topological polar surface area (TPSA) is 101 Å². The van der Waals surface area contributed by atoms with Gasteiger partial charge in [-0.2, -0.15) is 0 Å². The fourth-order valence-electron chi connectivity index (χ4n) is 3.35. The number of amides is 1. The number of rotatable bonds is 9. The zero-order valence-corrected chi connectivity index (χ0v) is 17.0. The summed E-state index contributed by atoms with van der Waals surface area (Å²) in [5, 5.41) is 12.0. The van der Waals surface area contributed by atoms with E-state index in [1.807, 2.05) is 32.8 Å². The molecule has 1 saturated heterocycles. The molecule has 0 bridgehead atoms. The van der Waals surface area contributed by atoms with Crippen LogP contribution in [0.25, 0.3) is 0 Å². The van der Waals surface area contributed by atoms with Crippen molar-refractivity contribution in [2.24, 2.45) is 5.41 Å². The first-order chi connectivity index (χ1) is 13.1. The largest absolute Gasteiger partial charge is 0.478 e. The first kappa shape index (κ1) is 22.1. The third kappa shape index (κ3) is 4.99. The lowest BCUT2D eigenvalue weighted by atomic mass is 9.81. The van der Waals surface area contributed by atoms with Crippen molar-refractivity contribution in [2.75, 3.05) is 27.2 Å². The van der Waals surface area contributed by atoms with Crippen molar-refractivity contribution < 1.29 is 24.2 Å². The van der Waals surface area contributed by atoms with Crippen LogP contribution in [-0.2, 0) is 14.3 Å². The van der Waals surface area contributed by atoms with Crippen LogP contribution in [0.3, 0.4) is 0 Å². The predicted molar refractivity (Wildman–Crippen MR) is 104 cm³/mol. The summed E-state index contributed by atoms with van der Waals surface area (Å²) in [4.78, 5) is 38.7. The lowest BCUT2D eigenvalue weighted by Gasteiger charge is -2.34. The van der Waals surface area contributed by atoms with Crippen molar-refractivity contribution in [1.82, 2.24) is 14.8 Å². The van der Waals surface area contributed by atoms with Crippen molar-refractivity contribution >= 4 is 17.7 Å². The minimum atomic E-state index is -1.06. The summed E-state index contributed by atoms with van der Waals surface area (Å²) < 4.78 is 7.16. The number of ketones is 1. The molecule has 0 aliphatic carbocycles. The third-order valence-electron chi connectivity index (χ3n) is 5.21. The van der Waals surface area contributed by atoms with Gasteiger partial charge in [-0.05, 0) is 38.4 Å². The quantitative estimate of drug-likeness (QED) is 0.659. The van der Waals surface area contributed by atoms with Gasteiger partial charge in [0, 0.05) is 18.9 Å². The molecule has 1 fully saturated rings. The molecular weight excluding hydrogens is 362 g/mol. The van der Waals surface area contributed by atoms with E-state index in [9.17, 15) is 19.5 Å². The molecule has 1 aliphatic heterocycles. The van der Waals surface area contributed by atoms with Gasteiger partial charge in [-0.25, -0.2) is 4.79 Å². The van der Waals surface area contributed by atoms with Crippen LogP contribution in [0, 0.1) is 12.3 Å². The molecule has 2 rings (SSSR count). The van der Waals surface area contributed by atoms with Gasteiger partial charge in [0.15, 0.2) is 5.78 Å². The summed E-state index contributed by atoms with van der Waals surface area (Å²) in [6, 6.07) is 0.0389. The molecule has 155 valence electrons.